The van der Waals surface area contributed by atoms with Crippen LogP contribution in [0.2, 0.25) is 0 Å². The lowest BCUT2D eigenvalue weighted by molar-refractivity contribution is 0.799. The molecule has 0 saturated carbocycles. The van der Waals surface area contributed by atoms with E-state index in [1.807, 2.05) is 22.7 Å². The minimum Gasteiger partial charge on any atom is -0.376 e. The average Bonchev–Trinajstić information content (AvgIpc) is 3.20. The molecule has 108 valence electrons. The summed E-state index contributed by atoms with van der Waals surface area (Å²) in [7, 11) is 0. The molecule has 3 rings (SSSR count). The predicted octanol–water partition coefficient (Wildman–Crippen LogP) is 5.93. The van der Waals surface area contributed by atoms with Gasteiger partial charge in [-0.25, -0.2) is 0 Å². The largest absolute Gasteiger partial charge is 0.376 e. The van der Waals surface area contributed by atoms with Gasteiger partial charge in [-0.3, -0.25) is 0 Å². The summed E-state index contributed by atoms with van der Waals surface area (Å²) in [5.74, 6) is 0. The Morgan fingerprint density at radius 2 is 1.81 bits per heavy atom. The summed E-state index contributed by atoms with van der Waals surface area (Å²) in [6, 6.07) is 17.5. The van der Waals surface area contributed by atoms with Gasteiger partial charge in [0.1, 0.15) is 0 Å². The highest BCUT2D eigenvalue weighted by atomic mass is 32.2. The summed E-state index contributed by atoms with van der Waals surface area (Å²) in [6.07, 6.45) is 3.15. The second-order valence-corrected chi connectivity index (χ2v) is 7.56. The van der Waals surface area contributed by atoms with Crippen LogP contribution >= 0.6 is 34.4 Å². The highest BCUT2D eigenvalue weighted by Crippen LogP contribution is 2.32. The van der Waals surface area contributed by atoms with Gasteiger partial charge in [-0.1, -0.05) is 24.3 Å². The summed E-state index contributed by atoms with van der Waals surface area (Å²) >= 11 is 5.44. The standard InChI is InChI=1S/C17H17NS3/c1-19-16-8-3-2-7-14(16)18-15(17-9-5-11-21-17)12-13-6-4-10-20-13/h2-11,15,18H,12H2,1H3. The van der Waals surface area contributed by atoms with Gasteiger partial charge in [-0.05, 0) is 41.3 Å². The fourth-order valence-corrected chi connectivity index (χ4v) is 4.39. The zero-order chi connectivity index (χ0) is 14.5. The third-order valence-corrected chi connectivity index (χ3v) is 5.99. The van der Waals surface area contributed by atoms with E-state index in [-0.39, 0.29) is 0 Å². The molecule has 0 aliphatic rings. The number of thioether (sulfide) groups is 1. The Kier molecular flexibility index (Phi) is 5.01. The predicted molar refractivity (Wildman–Crippen MR) is 96.9 cm³/mol. The van der Waals surface area contributed by atoms with E-state index in [2.05, 4.69) is 70.9 Å². The van der Waals surface area contributed by atoms with Crippen molar-refractivity contribution in [2.75, 3.05) is 11.6 Å². The van der Waals surface area contributed by atoms with Crippen molar-refractivity contribution >= 4 is 40.1 Å². The molecular formula is C17H17NS3. The third kappa shape index (κ3) is 3.70. The number of rotatable bonds is 6. The van der Waals surface area contributed by atoms with E-state index < -0.39 is 0 Å². The SMILES string of the molecule is CSc1ccccc1NC(Cc1cccs1)c1cccs1. The van der Waals surface area contributed by atoms with E-state index in [4.69, 9.17) is 0 Å². The van der Waals surface area contributed by atoms with Crippen LogP contribution < -0.4 is 5.32 Å². The first kappa shape index (κ1) is 14.7. The van der Waals surface area contributed by atoms with Crippen molar-refractivity contribution in [1.29, 1.82) is 0 Å². The molecule has 4 heteroatoms. The van der Waals surface area contributed by atoms with Gasteiger partial charge in [0, 0.05) is 26.8 Å². The van der Waals surface area contributed by atoms with Crippen molar-refractivity contribution in [3.63, 3.8) is 0 Å². The van der Waals surface area contributed by atoms with E-state index in [1.54, 1.807) is 11.8 Å². The maximum absolute atomic E-state index is 3.74. The van der Waals surface area contributed by atoms with Crippen LogP contribution in [0.1, 0.15) is 15.8 Å². The smallest absolute Gasteiger partial charge is 0.0655 e. The molecule has 1 nitrogen and oxygen atoms in total. The van der Waals surface area contributed by atoms with Crippen molar-refractivity contribution in [2.24, 2.45) is 0 Å². The highest BCUT2D eigenvalue weighted by molar-refractivity contribution is 7.98. The fraction of sp³-hybridized carbons (Fsp3) is 0.176. The molecule has 0 aliphatic heterocycles. The molecule has 1 unspecified atom stereocenters. The first-order valence-electron chi connectivity index (χ1n) is 6.82. The van der Waals surface area contributed by atoms with Crippen molar-refractivity contribution < 1.29 is 0 Å². The molecule has 3 aromatic rings. The van der Waals surface area contributed by atoms with Crippen LogP contribution in [0.15, 0.2) is 64.2 Å². The van der Waals surface area contributed by atoms with Crippen LogP contribution in [0.25, 0.3) is 0 Å². The van der Waals surface area contributed by atoms with Crippen LogP contribution in [0.3, 0.4) is 0 Å². The van der Waals surface area contributed by atoms with Gasteiger partial charge in [0.05, 0.1) is 6.04 Å². The molecule has 1 aromatic carbocycles. The van der Waals surface area contributed by atoms with Crippen molar-refractivity contribution in [2.45, 2.75) is 17.4 Å². The van der Waals surface area contributed by atoms with E-state index >= 15 is 0 Å². The summed E-state index contributed by atoms with van der Waals surface area (Å²) in [5.41, 5.74) is 1.22. The molecule has 0 aliphatic carbocycles. The molecule has 0 amide bonds. The van der Waals surface area contributed by atoms with Gasteiger partial charge in [0.25, 0.3) is 0 Å². The summed E-state index contributed by atoms with van der Waals surface area (Å²) in [6.45, 7) is 0. The number of thiophene rings is 2. The van der Waals surface area contributed by atoms with Gasteiger partial charge in [0.2, 0.25) is 0 Å². The number of hydrogen-bond acceptors (Lipinski definition) is 4. The topological polar surface area (TPSA) is 12.0 Å². The summed E-state index contributed by atoms with van der Waals surface area (Å²) in [4.78, 5) is 4.10. The monoisotopic (exact) mass is 331 g/mol. The zero-order valence-corrected chi connectivity index (χ0v) is 14.2. The van der Waals surface area contributed by atoms with E-state index in [0.717, 1.165) is 6.42 Å². The Balaban J connectivity index is 1.85. The van der Waals surface area contributed by atoms with Crippen molar-refractivity contribution in [3.8, 4) is 0 Å². The van der Waals surface area contributed by atoms with Gasteiger partial charge in [-0.15, -0.1) is 34.4 Å². The van der Waals surface area contributed by atoms with Gasteiger partial charge in [0.15, 0.2) is 0 Å². The van der Waals surface area contributed by atoms with Crippen LogP contribution in [0, 0.1) is 0 Å². The maximum atomic E-state index is 3.74. The van der Waals surface area contributed by atoms with E-state index in [1.165, 1.54) is 20.3 Å². The van der Waals surface area contributed by atoms with Crippen molar-refractivity contribution in [3.05, 3.63) is 69.0 Å². The molecule has 2 heterocycles. The van der Waals surface area contributed by atoms with Crippen LogP contribution in [-0.4, -0.2) is 6.26 Å². The number of hydrogen-bond donors (Lipinski definition) is 1. The van der Waals surface area contributed by atoms with Crippen LogP contribution in [0.5, 0.6) is 0 Å². The molecule has 0 saturated heterocycles. The number of para-hydroxylation sites is 1. The van der Waals surface area contributed by atoms with Crippen LogP contribution in [-0.2, 0) is 6.42 Å². The number of anilines is 1. The Labute approximate surface area is 138 Å². The molecule has 0 fully saturated rings. The Morgan fingerprint density at radius 3 is 2.52 bits per heavy atom. The Bertz CT molecular complexity index is 659. The lowest BCUT2D eigenvalue weighted by Crippen LogP contribution is -2.12. The minimum absolute atomic E-state index is 0.331. The fourth-order valence-electron chi connectivity index (χ4n) is 2.29. The molecule has 2 aromatic heterocycles. The first-order valence-corrected chi connectivity index (χ1v) is 9.80. The van der Waals surface area contributed by atoms with Crippen LogP contribution in [0.4, 0.5) is 5.69 Å². The minimum atomic E-state index is 0.331. The van der Waals surface area contributed by atoms with E-state index in [9.17, 15) is 0 Å². The second kappa shape index (κ2) is 7.16. The van der Waals surface area contributed by atoms with Crippen molar-refractivity contribution in [1.82, 2.24) is 0 Å². The van der Waals surface area contributed by atoms with Gasteiger partial charge in [-0.2, -0.15) is 0 Å². The molecule has 0 bridgehead atoms. The number of benzene rings is 1. The highest BCUT2D eigenvalue weighted by Gasteiger charge is 2.15. The lowest BCUT2D eigenvalue weighted by Gasteiger charge is -2.20. The maximum Gasteiger partial charge on any atom is 0.0655 e. The lowest BCUT2D eigenvalue weighted by atomic mass is 10.1. The number of nitrogens with one attached hydrogen (secondary N) is 1. The van der Waals surface area contributed by atoms with E-state index in [0.29, 0.717) is 6.04 Å². The van der Waals surface area contributed by atoms with Gasteiger partial charge >= 0.3 is 0 Å². The molecule has 1 atom stereocenters. The molecule has 1 N–H and O–H groups in total. The quantitative estimate of drug-likeness (QED) is 0.562. The Hall–Kier alpha value is -1.23. The summed E-state index contributed by atoms with van der Waals surface area (Å²) in [5, 5.41) is 8.04. The molecule has 0 spiro atoms. The normalized spacial score (nSPS) is 12.2. The summed E-state index contributed by atoms with van der Waals surface area (Å²) < 4.78 is 0. The molecular weight excluding hydrogens is 314 g/mol. The Morgan fingerprint density at radius 1 is 1.00 bits per heavy atom. The average molecular weight is 332 g/mol. The second-order valence-electron chi connectivity index (χ2n) is 4.70. The molecule has 21 heavy (non-hydrogen) atoms. The third-order valence-electron chi connectivity index (χ3n) is 3.31. The van der Waals surface area contributed by atoms with Gasteiger partial charge < -0.3 is 5.32 Å². The molecule has 0 radical (unpaired) electrons. The first-order chi connectivity index (χ1) is 10.4. The zero-order valence-electron chi connectivity index (χ0n) is 11.8.